The molecule has 138 valence electrons. The molecule has 2 aromatic carbocycles. The number of anilines is 1. The summed E-state index contributed by atoms with van der Waals surface area (Å²) in [6.45, 7) is 2.72. The van der Waals surface area contributed by atoms with Crippen molar-refractivity contribution >= 4 is 28.6 Å². The zero-order chi connectivity index (χ0) is 19.1. The number of para-hydroxylation sites is 2. The molecule has 0 spiro atoms. The van der Waals surface area contributed by atoms with E-state index in [2.05, 4.69) is 12.2 Å². The summed E-state index contributed by atoms with van der Waals surface area (Å²) in [5.41, 5.74) is 1.61. The smallest absolute Gasteiger partial charge is 0.336 e. The molecule has 1 heterocycles. The van der Waals surface area contributed by atoms with Crippen LogP contribution < -0.4 is 15.7 Å². The molecule has 5 heteroatoms. The fourth-order valence-corrected chi connectivity index (χ4v) is 2.56. The molecule has 0 fully saturated rings. The summed E-state index contributed by atoms with van der Waals surface area (Å²) in [7, 11) is 0. The van der Waals surface area contributed by atoms with E-state index < -0.39 is 0 Å². The number of ether oxygens (including phenoxy) is 1. The van der Waals surface area contributed by atoms with Crippen LogP contribution in [0.5, 0.6) is 5.75 Å². The van der Waals surface area contributed by atoms with Crippen LogP contribution in [-0.4, -0.2) is 12.5 Å². The van der Waals surface area contributed by atoms with Crippen molar-refractivity contribution in [1.29, 1.82) is 0 Å². The minimum atomic E-state index is -0.384. The minimum Gasteiger partial charge on any atom is -0.491 e. The Kier molecular flexibility index (Phi) is 6.05. The van der Waals surface area contributed by atoms with Gasteiger partial charge in [0.1, 0.15) is 11.3 Å². The minimum absolute atomic E-state index is 0.249. The molecule has 0 saturated carbocycles. The third kappa shape index (κ3) is 5.07. The van der Waals surface area contributed by atoms with Crippen LogP contribution in [0.3, 0.4) is 0 Å². The Labute approximate surface area is 157 Å². The predicted octanol–water partition coefficient (Wildman–Crippen LogP) is 4.62. The third-order valence-electron chi connectivity index (χ3n) is 3.97. The molecule has 0 saturated heterocycles. The number of hydrogen-bond donors (Lipinski definition) is 1. The summed E-state index contributed by atoms with van der Waals surface area (Å²) in [5.74, 6) is 0.412. The van der Waals surface area contributed by atoms with E-state index in [4.69, 9.17) is 9.15 Å². The summed E-state index contributed by atoms with van der Waals surface area (Å²) in [6, 6.07) is 15.8. The fraction of sp³-hybridized carbons (Fsp3) is 0.182. The van der Waals surface area contributed by atoms with Crippen molar-refractivity contribution in [2.24, 2.45) is 0 Å². The SMILES string of the molecule is CCCCOc1ccccc1NC(=O)/C=C/c1ccc2oc(=O)ccc2c1. The number of carbonyl (C=O) groups is 1. The second-order valence-corrected chi connectivity index (χ2v) is 6.07. The molecule has 1 aromatic heterocycles. The maximum atomic E-state index is 12.3. The van der Waals surface area contributed by atoms with Gasteiger partial charge in [-0.2, -0.15) is 0 Å². The molecule has 5 nitrogen and oxygen atoms in total. The molecule has 3 aromatic rings. The van der Waals surface area contributed by atoms with E-state index in [0.717, 1.165) is 23.8 Å². The zero-order valence-electron chi connectivity index (χ0n) is 15.1. The number of fused-ring (bicyclic) bond motifs is 1. The predicted molar refractivity (Wildman–Crippen MR) is 107 cm³/mol. The second kappa shape index (κ2) is 8.85. The first kappa shape index (κ1) is 18.5. The van der Waals surface area contributed by atoms with Crippen LogP contribution in [0.25, 0.3) is 17.0 Å². The average Bonchev–Trinajstić information content (AvgIpc) is 2.68. The molecule has 0 radical (unpaired) electrons. The Hall–Kier alpha value is -3.34. The lowest BCUT2D eigenvalue weighted by molar-refractivity contribution is -0.111. The van der Waals surface area contributed by atoms with Crippen molar-refractivity contribution < 1.29 is 13.9 Å². The highest BCUT2D eigenvalue weighted by Gasteiger charge is 2.05. The normalized spacial score (nSPS) is 11.0. The molecule has 3 rings (SSSR count). The van der Waals surface area contributed by atoms with Crippen molar-refractivity contribution in [3.63, 3.8) is 0 Å². The number of hydrogen-bond acceptors (Lipinski definition) is 4. The Morgan fingerprint density at radius 3 is 2.85 bits per heavy atom. The van der Waals surface area contributed by atoms with Gasteiger partial charge in [0.05, 0.1) is 12.3 Å². The van der Waals surface area contributed by atoms with Gasteiger partial charge in [0.2, 0.25) is 5.91 Å². The summed E-state index contributed by atoms with van der Waals surface area (Å²) in [4.78, 5) is 23.5. The number of benzene rings is 2. The number of carbonyl (C=O) groups excluding carboxylic acids is 1. The summed E-state index contributed by atoms with van der Waals surface area (Å²) < 4.78 is 10.8. The highest BCUT2D eigenvalue weighted by atomic mass is 16.5. The van der Waals surface area contributed by atoms with Crippen molar-refractivity contribution in [1.82, 2.24) is 0 Å². The van der Waals surface area contributed by atoms with Crippen LogP contribution in [0.2, 0.25) is 0 Å². The van der Waals surface area contributed by atoms with E-state index >= 15 is 0 Å². The van der Waals surface area contributed by atoms with E-state index in [1.54, 1.807) is 24.3 Å². The van der Waals surface area contributed by atoms with Gasteiger partial charge in [0.15, 0.2) is 0 Å². The molecular formula is C22H21NO4. The largest absolute Gasteiger partial charge is 0.491 e. The van der Waals surface area contributed by atoms with Crippen molar-refractivity contribution in [3.8, 4) is 5.75 Å². The lowest BCUT2D eigenvalue weighted by Gasteiger charge is -2.11. The van der Waals surface area contributed by atoms with Gasteiger partial charge in [-0.25, -0.2) is 4.79 Å². The molecule has 1 N–H and O–H groups in total. The molecule has 0 bridgehead atoms. The van der Waals surface area contributed by atoms with Gasteiger partial charge < -0.3 is 14.5 Å². The fourth-order valence-electron chi connectivity index (χ4n) is 2.56. The van der Waals surface area contributed by atoms with Crippen LogP contribution in [0, 0.1) is 0 Å². The van der Waals surface area contributed by atoms with E-state index in [-0.39, 0.29) is 11.5 Å². The summed E-state index contributed by atoms with van der Waals surface area (Å²) >= 11 is 0. The maximum absolute atomic E-state index is 12.3. The molecule has 27 heavy (non-hydrogen) atoms. The number of nitrogens with one attached hydrogen (secondary N) is 1. The number of unbranched alkanes of at least 4 members (excludes halogenated alkanes) is 1. The molecule has 1 amide bonds. The molecule has 0 aliphatic carbocycles. The Morgan fingerprint density at radius 1 is 1.15 bits per heavy atom. The van der Waals surface area contributed by atoms with Gasteiger partial charge in [0.25, 0.3) is 0 Å². The summed E-state index contributed by atoms with van der Waals surface area (Å²) in [5, 5.41) is 3.64. The van der Waals surface area contributed by atoms with Crippen LogP contribution in [0.4, 0.5) is 5.69 Å². The summed E-state index contributed by atoms with van der Waals surface area (Å²) in [6.07, 6.45) is 5.18. The first-order chi connectivity index (χ1) is 13.2. The van der Waals surface area contributed by atoms with Gasteiger partial charge in [-0.05, 0) is 48.4 Å². The van der Waals surface area contributed by atoms with Gasteiger partial charge in [-0.1, -0.05) is 31.5 Å². The second-order valence-electron chi connectivity index (χ2n) is 6.07. The first-order valence-electron chi connectivity index (χ1n) is 8.90. The van der Waals surface area contributed by atoms with Crippen LogP contribution >= 0.6 is 0 Å². The van der Waals surface area contributed by atoms with Crippen molar-refractivity contribution in [2.45, 2.75) is 19.8 Å². The van der Waals surface area contributed by atoms with E-state index in [9.17, 15) is 9.59 Å². The lowest BCUT2D eigenvalue weighted by Crippen LogP contribution is -2.09. The highest BCUT2D eigenvalue weighted by molar-refractivity contribution is 6.03. The Balaban J connectivity index is 1.69. The average molecular weight is 363 g/mol. The van der Waals surface area contributed by atoms with Crippen LogP contribution in [-0.2, 0) is 4.79 Å². The Morgan fingerprint density at radius 2 is 2.00 bits per heavy atom. The standard InChI is InChI=1S/C22H21NO4/c1-2-3-14-26-20-7-5-4-6-18(20)23-21(24)12-9-16-8-11-19-17(15-16)10-13-22(25)27-19/h4-13,15H,2-3,14H2,1H3,(H,23,24)/b12-9+. The van der Waals surface area contributed by atoms with Crippen LogP contribution in [0.15, 0.2) is 69.9 Å². The van der Waals surface area contributed by atoms with Gasteiger partial charge >= 0.3 is 5.63 Å². The van der Waals surface area contributed by atoms with Crippen LogP contribution in [0.1, 0.15) is 25.3 Å². The Bertz CT molecular complexity index is 1020. The molecular weight excluding hydrogens is 342 g/mol. The zero-order valence-corrected chi connectivity index (χ0v) is 15.1. The van der Waals surface area contributed by atoms with Crippen molar-refractivity contribution in [2.75, 3.05) is 11.9 Å². The quantitative estimate of drug-likeness (QED) is 0.378. The van der Waals surface area contributed by atoms with Gasteiger partial charge in [-0.15, -0.1) is 0 Å². The topological polar surface area (TPSA) is 68.5 Å². The van der Waals surface area contributed by atoms with Crippen molar-refractivity contribution in [3.05, 3.63) is 76.7 Å². The van der Waals surface area contributed by atoms with E-state index in [1.807, 2.05) is 30.3 Å². The molecule has 0 aliphatic heterocycles. The number of rotatable bonds is 7. The third-order valence-corrected chi connectivity index (χ3v) is 3.97. The van der Waals surface area contributed by atoms with E-state index in [0.29, 0.717) is 23.6 Å². The first-order valence-corrected chi connectivity index (χ1v) is 8.90. The van der Waals surface area contributed by atoms with Gasteiger partial charge in [0, 0.05) is 17.5 Å². The number of amides is 1. The maximum Gasteiger partial charge on any atom is 0.336 e. The monoisotopic (exact) mass is 363 g/mol. The molecule has 0 aliphatic rings. The molecule has 0 unspecified atom stereocenters. The van der Waals surface area contributed by atoms with Gasteiger partial charge in [-0.3, -0.25) is 4.79 Å². The highest BCUT2D eigenvalue weighted by Crippen LogP contribution is 2.24. The molecule has 0 atom stereocenters. The van der Waals surface area contributed by atoms with E-state index in [1.165, 1.54) is 12.1 Å². The lowest BCUT2D eigenvalue weighted by atomic mass is 10.1.